The van der Waals surface area contributed by atoms with Crippen LogP contribution in [0, 0.1) is 6.92 Å². The molecule has 0 saturated heterocycles. The van der Waals surface area contributed by atoms with Gasteiger partial charge in [-0.05, 0) is 53.8 Å². The van der Waals surface area contributed by atoms with Crippen molar-refractivity contribution in [3.05, 3.63) is 86.7 Å². The third kappa shape index (κ3) is 3.72. The van der Waals surface area contributed by atoms with Gasteiger partial charge < -0.3 is 10.1 Å². The highest BCUT2D eigenvalue weighted by Gasteiger charge is 2.39. The van der Waals surface area contributed by atoms with E-state index in [0.29, 0.717) is 22.0 Å². The van der Waals surface area contributed by atoms with Gasteiger partial charge in [-0.1, -0.05) is 35.9 Å². The number of hydrogen-bond acceptors (Lipinski definition) is 5. The van der Waals surface area contributed by atoms with Crippen molar-refractivity contribution in [1.82, 2.24) is 4.90 Å². The molecule has 1 aliphatic rings. The molecular weight excluding hydrogens is 420 g/mol. The molecular formula is C23H19ClN2O3S. The number of halogens is 1. The maximum Gasteiger partial charge on any atom is 0.278 e. The van der Waals surface area contributed by atoms with Crippen LogP contribution < -0.4 is 10.1 Å². The van der Waals surface area contributed by atoms with Gasteiger partial charge in [-0.25, -0.2) is 0 Å². The topological polar surface area (TPSA) is 58.6 Å². The largest absolute Gasteiger partial charge is 0.497 e. The van der Waals surface area contributed by atoms with Crippen LogP contribution in [-0.2, 0) is 16.1 Å². The van der Waals surface area contributed by atoms with Gasteiger partial charge in [0, 0.05) is 15.6 Å². The Morgan fingerprint density at radius 2 is 1.80 bits per heavy atom. The molecule has 0 bridgehead atoms. The molecule has 0 atom stereocenters. The molecule has 1 N–H and O–H groups in total. The minimum atomic E-state index is -0.362. The van der Waals surface area contributed by atoms with Crippen molar-refractivity contribution >= 4 is 46.0 Å². The van der Waals surface area contributed by atoms with E-state index in [-0.39, 0.29) is 24.1 Å². The molecule has 0 unspecified atom stereocenters. The molecule has 1 aromatic heterocycles. The number of benzene rings is 2. The van der Waals surface area contributed by atoms with Crippen LogP contribution in [0.5, 0.6) is 5.75 Å². The lowest BCUT2D eigenvalue weighted by molar-refractivity contribution is -0.137. The quantitative estimate of drug-likeness (QED) is 0.543. The molecule has 2 heterocycles. The van der Waals surface area contributed by atoms with Gasteiger partial charge in [0.05, 0.1) is 19.2 Å². The number of thiophene rings is 1. The van der Waals surface area contributed by atoms with Crippen molar-refractivity contribution in [3.63, 3.8) is 0 Å². The number of imide groups is 1. The molecule has 0 fully saturated rings. The van der Waals surface area contributed by atoms with Gasteiger partial charge in [-0.2, -0.15) is 0 Å². The molecule has 0 aliphatic carbocycles. The second-order valence-electron chi connectivity index (χ2n) is 6.81. The Labute approximate surface area is 183 Å². The van der Waals surface area contributed by atoms with Gasteiger partial charge in [0.1, 0.15) is 11.4 Å². The number of hydrogen-bond donors (Lipinski definition) is 1. The zero-order valence-electron chi connectivity index (χ0n) is 16.4. The average molecular weight is 439 g/mol. The summed E-state index contributed by atoms with van der Waals surface area (Å²) in [4.78, 5) is 28.5. The number of carbonyl (C=O) groups excluding carboxylic acids is 2. The molecule has 0 spiro atoms. The van der Waals surface area contributed by atoms with E-state index in [4.69, 9.17) is 16.3 Å². The molecule has 152 valence electrons. The summed E-state index contributed by atoms with van der Waals surface area (Å²) in [7, 11) is 1.59. The summed E-state index contributed by atoms with van der Waals surface area (Å²) in [6, 6.07) is 16.4. The highest BCUT2D eigenvalue weighted by atomic mass is 35.5. The van der Waals surface area contributed by atoms with E-state index in [0.717, 1.165) is 16.0 Å². The number of carbonyl (C=O) groups is 2. The van der Waals surface area contributed by atoms with Crippen LogP contribution in [0.2, 0.25) is 5.02 Å². The van der Waals surface area contributed by atoms with Crippen molar-refractivity contribution in [3.8, 4) is 5.75 Å². The fourth-order valence-corrected chi connectivity index (χ4v) is 4.22. The van der Waals surface area contributed by atoms with Crippen molar-refractivity contribution in [2.75, 3.05) is 12.4 Å². The second kappa shape index (κ2) is 8.34. The molecule has 30 heavy (non-hydrogen) atoms. The van der Waals surface area contributed by atoms with E-state index in [1.54, 1.807) is 19.2 Å². The summed E-state index contributed by atoms with van der Waals surface area (Å²) < 4.78 is 5.18. The van der Waals surface area contributed by atoms with Crippen LogP contribution in [-0.4, -0.2) is 23.8 Å². The molecule has 1 aliphatic heterocycles. The summed E-state index contributed by atoms with van der Waals surface area (Å²) >= 11 is 7.66. The van der Waals surface area contributed by atoms with Crippen LogP contribution in [0.25, 0.3) is 5.57 Å². The molecule has 2 amide bonds. The first kappa shape index (κ1) is 20.2. The van der Waals surface area contributed by atoms with Crippen LogP contribution >= 0.6 is 22.9 Å². The number of anilines is 1. The van der Waals surface area contributed by atoms with Crippen LogP contribution in [0.15, 0.2) is 65.7 Å². The van der Waals surface area contributed by atoms with Crippen molar-refractivity contribution in [2.45, 2.75) is 13.5 Å². The number of methoxy groups -OCH3 is 1. The van der Waals surface area contributed by atoms with Gasteiger partial charge in [0.2, 0.25) is 0 Å². The molecule has 0 radical (unpaired) electrons. The summed E-state index contributed by atoms with van der Waals surface area (Å²) in [5, 5.41) is 5.64. The standard InChI is InChI=1S/C23H19ClN2O3S/c1-14-17(24)5-3-6-18(14)25-21-20(19-7-4-12-30-19)22(27)26(23(21)28)13-15-8-10-16(29-2)11-9-15/h3-12,25H,13H2,1-2H3. The predicted molar refractivity (Wildman–Crippen MR) is 120 cm³/mol. The molecule has 5 nitrogen and oxygen atoms in total. The maximum absolute atomic E-state index is 13.3. The lowest BCUT2D eigenvalue weighted by atomic mass is 10.1. The fourth-order valence-electron chi connectivity index (χ4n) is 3.28. The smallest absolute Gasteiger partial charge is 0.278 e. The second-order valence-corrected chi connectivity index (χ2v) is 8.16. The monoisotopic (exact) mass is 438 g/mol. The van der Waals surface area contributed by atoms with E-state index in [1.165, 1.54) is 16.2 Å². The highest BCUT2D eigenvalue weighted by molar-refractivity contribution is 7.11. The molecule has 3 aromatic rings. The zero-order chi connectivity index (χ0) is 21.3. The molecule has 0 saturated carbocycles. The Kier molecular flexibility index (Phi) is 5.61. The van der Waals surface area contributed by atoms with Gasteiger partial charge in [-0.15, -0.1) is 11.3 Å². The lowest BCUT2D eigenvalue weighted by Gasteiger charge is -2.16. The normalized spacial score (nSPS) is 13.9. The Balaban J connectivity index is 1.70. The lowest BCUT2D eigenvalue weighted by Crippen LogP contribution is -2.32. The summed E-state index contributed by atoms with van der Waals surface area (Å²) in [5.41, 5.74) is 2.98. The molecule has 7 heteroatoms. The number of nitrogens with one attached hydrogen (secondary N) is 1. The first-order valence-electron chi connectivity index (χ1n) is 9.29. The van der Waals surface area contributed by atoms with E-state index in [2.05, 4.69) is 5.32 Å². The minimum absolute atomic E-state index is 0.177. The summed E-state index contributed by atoms with van der Waals surface area (Å²) in [6.07, 6.45) is 0. The maximum atomic E-state index is 13.3. The summed E-state index contributed by atoms with van der Waals surface area (Å²) in [5.74, 6) is 0.0352. The minimum Gasteiger partial charge on any atom is -0.497 e. The van der Waals surface area contributed by atoms with Crippen molar-refractivity contribution < 1.29 is 14.3 Å². The Hall–Kier alpha value is -3.09. The first-order chi connectivity index (χ1) is 14.5. The van der Waals surface area contributed by atoms with Gasteiger partial charge in [0.15, 0.2) is 0 Å². The zero-order valence-corrected chi connectivity index (χ0v) is 18.0. The van der Waals surface area contributed by atoms with Gasteiger partial charge in [-0.3, -0.25) is 14.5 Å². The van der Waals surface area contributed by atoms with E-state index in [1.807, 2.05) is 54.8 Å². The number of amides is 2. The Bertz CT molecular complexity index is 1140. The fraction of sp³-hybridized carbons (Fsp3) is 0.130. The van der Waals surface area contributed by atoms with E-state index < -0.39 is 0 Å². The highest BCUT2D eigenvalue weighted by Crippen LogP contribution is 2.35. The Morgan fingerprint density at radius 1 is 1.03 bits per heavy atom. The number of rotatable bonds is 6. The SMILES string of the molecule is COc1ccc(CN2C(=O)C(Nc3cccc(Cl)c3C)=C(c3cccs3)C2=O)cc1. The molecule has 4 rings (SSSR count). The first-order valence-corrected chi connectivity index (χ1v) is 10.5. The van der Waals surface area contributed by atoms with Crippen molar-refractivity contribution in [1.29, 1.82) is 0 Å². The van der Waals surface area contributed by atoms with Crippen LogP contribution in [0.1, 0.15) is 16.0 Å². The Morgan fingerprint density at radius 3 is 2.47 bits per heavy atom. The van der Waals surface area contributed by atoms with Gasteiger partial charge >= 0.3 is 0 Å². The van der Waals surface area contributed by atoms with Crippen LogP contribution in [0.3, 0.4) is 0 Å². The number of ether oxygens (including phenoxy) is 1. The van der Waals surface area contributed by atoms with E-state index >= 15 is 0 Å². The van der Waals surface area contributed by atoms with Gasteiger partial charge in [0.25, 0.3) is 11.8 Å². The molecule has 2 aromatic carbocycles. The average Bonchev–Trinajstić information content (AvgIpc) is 3.35. The van der Waals surface area contributed by atoms with Crippen LogP contribution in [0.4, 0.5) is 5.69 Å². The third-order valence-electron chi connectivity index (χ3n) is 4.96. The summed E-state index contributed by atoms with van der Waals surface area (Å²) in [6.45, 7) is 2.04. The van der Waals surface area contributed by atoms with E-state index in [9.17, 15) is 9.59 Å². The number of nitrogens with zero attached hydrogens (tertiary/aromatic N) is 1. The third-order valence-corrected chi connectivity index (χ3v) is 6.26. The van der Waals surface area contributed by atoms with Crippen molar-refractivity contribution in [2.24, 2.45) is 0 Å². The predicted octanol–water partition coefficient (Wildman–Crippen LogP) is 5.11.